The lowest BCUT2D eigenvalue weighted by atomic mass is 10.1. The smallest absolute Gasteiger partial charge is 0.181 e. The van der Waals surface area contributed by atoms with Gasteiger partial charge >= 0.3 is 0 Å². The zero-order valence-corrected chi connectivity index (χ0v) is 9.03. The summed E-state index contributed by atoms with van der Waals surface area (Å²) >= 11 is 0. The molecule has 84 valence electrons. The van der Waals surface area contributed by atoms with E-state index in [0.29, 0.717) is 17.9 Å². The standard InChI is InChI=1S/C12H13FN2O/c1-2-14-7-11-12(16-8-15-11)9-5-3-4-6-10(9)13/h3-6,8,14H,2,7H2,1H3. The first-order chi connectivity index (χ1) is 7.83. The zero-order valence-electron chi connectivity index (χ0n) is 9.03. The van der Waals surface area contributed by atoms with Crippen molar-refractivity contribution in [3.05, 3.63) is 42.2 Å². The second-order valence-corrected chi connectivity index (χ2v) is 3.39. The molecule has 1 heterocycles. The van der Waals surface area contributed by atoms with Crippen LogP contribution in [0, 0.1) is 5.82 Å². The third-order valence-corrected chi connectivity index (χ3v) is 2.30. The van der Waals surface area contributed by atoms with Crippen molar-refractivity contribution in [3.8, 4) is 11.3 Å². The summed E-state index contributed by atoms with van der Waals surface area (Å²) in [7, 11) is 0. The highest BCUT2D eigenvalue weighted by Crippen LogP contribution is 2.25. The molecule has 0 radical (unpaired) electrons. The van der Waals surface area contributed by atoms with Crippen LogP contribution in [0.3, 0.4) is 0 Å². The van der Waals surface area contributed by atoms with E-state index >= 15 is 0 Å². The molecule has 0 aliphatic heterocycles. The van der Waals surface area contributed by atoms with Crippen molar-refractivity contribution in [2.24, 2.45) is 0 Å². The maximum Gasteiger partial charge on any atom is 0.181 e. The van der Waals surface area contributed by atoms with Crippen LogP contribution in [0.1, 0.15) is 12.6 Å². The van der Waals surface area contributed by atoms with Crippen molar-refractivity contribution < 1.29 is 8.81 Å². The summed E-state index contributed by atoms with van der Waals surface area (Å²) in [5.74, 6) is 0.205. The molecule has 0 spiro atoms. The van der Waals surface area contributed by atoms with Gasteiger partial charge in [-0.25, -0.2) is 9.37 Å². The molecule has 0 fully saturated rings. The third kappa shape index (κ3) is 2.12. The van der Waals surface area contributed by atoms with Crippen LogP contribution in [0.4, 0.5) is 4.39 Å². The molecule has 4 heteroatoms. The minimum atomic E-state index is -0.294. The van der Waals surface area contributed by atoms with E-state index in [2.05, 4.69) is 10.3 Å². The normalized spacial score (nSPS) is 10.6. The zero-order chi connectivity index (χ0) is 11.4. The number of halogens is 1. The quantitative estimate of drug-likeness (QED) is 0.860. The summed E-state index contributed by atoms with van der Waals surface area (Å²) in [6.45, 7) is 3.42. The first kappa shape index (κ1) is 10.8. The fourth-order valence-corrected chi connectivity index (χ4v) is 1.50. The van der Waals surface area contributed by atoms with Crippen molar-refractivity contribution in [2.75, 3.05) is 6.54 Å². The number of oxazole rings is 1. The Morgan fingerprint density at radius 1 is 1.38 bits per heavy atom. The van der Waals surface area contributed by atoms with Crippen LogP contribution >= 0.6 is 0 Å². The lowest BCUT2D eigenvalue weighted by molar-refractivity contribution is 0.559. The van der Waals surface area contributed by atoms with Gasteiger partial charge in [0.05, 0.1) is 5.56 Å². The Morgan fingerprint density at radius 3 is 2.94 bits per heavy atom. The van der Waals surface area contributed by atoms with E-state index in [9.17, 15) is 4.39 Å². The van der Waals surface area contributed by atoms with Crippen LogP contribution in [-0.4, -0.2) is 11.5 Å². The molecule has 1 N–H and O–H groups in total. The van der Waals surface area contributed by atoms with Gasteiger partial charge in [0.2, 0.25) is 0 Å². The molecule has 0 atom stereocenters. The van der Waals surface area contributed by atoms with Gasteiger partial charge in [0.15, 0.2) is 12.2 Å². The first-order valence-electron chi connectivity index (χ1n) is 5.21. The summed E-state index contributed by atoms with van der Waals surface area (Å²) in [5, 5.41) is 3.14. The summed E-state index contributed by atoms with van der Waals surface area (Å²) < 4.78 is 18.8. The molecular weight excluding hydrogens is 207 g/mol. The van der Waals surface area contributed by atoms with Crippen molar-refractivity contribution in [2.45, 2.75) is 13.5 Å². The molecule has 2 rings (SSSR count). The number of nitrogens with zero attached hydrogens (tertiary/aromatic N) is 1. The Kier molecular flexibility index (Phi) is 3.31. The maximum atomic E-state index is 13.5. The lowest BCUT2D eigenvalue weighted by Gasteiger charge is -2.02. The lowest BCUT2D eigenvalue weighted by Crippen LogP contribution is -2.12. The van der Waals surface area contributed by atoms with Crippen LogP contribution < -0.4 is 5.32 Å². The van der Waals surface area contributed by atoms with Gasteiger partial charge < -0.3 is 9.73 Å². The molecule has 0 saturated carbocycles. The highest BCUT2D eigenvalue weighted by molar-refractivity contribution is 5.60. The van der Waals surface area contributed by atoms with E-state index in [1.807, 2.05) is 6.92 Å². The van der Waals surface area contributed by atoms with Crippen molar-refractivity contribution in [1.29, 1.82) is 0 Å². The van der Waals surface area contributed by atoms with E-state index in [-0.39, 0.29) is 5.82 Å². The van der Waals surface area contributed by atoms with Crippen LogP contribution in [0.25, 0.3) is 11.3 Å². The van der Waals surface area contributed by atoms with Crippen LogP contribution in [0.15, 0.2) is 35.1 Å². The Bertz CT molecular complexity index is 468. The number of aromatic nitrogens is 1. The molecule has 3 nitrogen and oxygen atoms in total. The van der Waals surface area contributed by atoms with Crippen molar-refractivity contribution >= 4 is 0 Å². The van der Waals surface area contributed by atoms with Crippen molar-refractivity contribution in [3.63, 3.8) is 0 Å². The van der Waals surface area contributed by atoms with Crippen LogP contribution in [0.2, 0.25) is 0 Å². The highest BCUT2D eigenvalue weighted by Gasteiger charge is 2.13. The number of benzene rings is 1. The Morgan fingerprint density at radius 2 is 2.19 bits per heavy atom. The number of nitrogens with one attached hydrogen (secondary N) is 1. The SMILES string of the molecule is CCNCc1ncoc1-c1ccccc1F. The van der Waals surface area contributed by atoms with Crippen molar-refractivity contribution in [1.82, 2.24) is 10.3 Å². The predicted octanol–water partition coefficient (Wildman–Crippen LogP) is 2.59. The minimum absolute atomic E-state index is 0.294. The van der Waals surface area contributed by atoms with Gasteiger partial charge in [-0.15, -0.1) is 0 Å². The average Bonchev–Trinajstić information content (AvgIpc) is 2.75. The van der Waals surface area contributed by atoms with Gasteiger partial charge in [0.25, 0.3) is 0 Å². The highest BCUT2D eigenvalue weighted by atomic mass is 19.1. The van der Waals surface area contributed by atoms with Gasteiger partial charge in [-0.05, 0) is 18.7 Å². The number of hydrogen-bond donors (Lipinski definition) is 1. The molecular formula is C12H13FN2O. The number of hydrogen-bond acceptors (Lipinski definition) is 3. The summed E-state index contributed by atoms with van der Waals surface area (Å²) in [6.07, 6.45) is 1.34. The van der Waals surface area contributed by atoms with Gasteiger partial charge in [0.1, 0.15) is 11.5 Å². The molecule has 0 unspecified atom stereocenters. The van der Waals surface area contributed by atoms with Gasteiger partial charge in [-0.2, -0.15) is 0 Å². The molecule has 0 bridgehead atoms. The fraction of sp³-hybridized carbons (Fsp3) is 0.250. The molecule has 0 saturated heterocycles. The maximum absolute atomic E-state index is 13.5. The third-order valence-electron chi connectivity index (χ3n) is 2.30. The van der Waals surface area contributed by atoms with E-state index in [1.54, 1.807) is 18.2 Å². The number of rotatable bonds is 4. The summed E-state index contributed by atoms with van der Waals surface area (Å²) in [6, 6.07) is 6.53. The molecule has 1 aromatic heterocycles. The Labute approximate surface area is 93.3 Å². The molecule has 0 aliphatic carbocycles. The van der Waals surface area contributed by atoms with Crippen LogP contribution in [-0.2, 0) is 6.54 Å². The van der Waals surface area contributed by atoms with Gasteiger partial charge in [-0.3, -0.25) is 0 Å². The van der Waals surface area contributed by atoms with Gasteiger partial charge in [0, 0.05) is 6.54 Å². The molecule has 0 aliphatic rings. The predicted molar refractivity (Wildman–Crippen MR) is 59.3 cm³/mol. The van der Waals surface area contributed by atoms with E-state index in [4.69, 9.17) is 4.42 Å². The fourth-order valence-electron chi connectivity index (χ4n) is 1.50. The average molecular weight is 220 g/mol. The Hall–Kier alpha value is -1.68. The topological polar surface area (TPSA) is 38.1 Å². The monoisotopic (exact) mass is 220 g/mol. The van der Waals surface area contributed by atoms with E-state index < -0.39 is 0 Å². The van der Waals surface area contributed by atoms with E-state index in [1.165, 1.54) is 12.5 Å². The summed E-state index contributed by atoms with van der Waals surface area (Å²) in [4.78, 5) is 4.08. The Balaban J connectivity index is 2.33. The second-order valence-electron chi connectivity index (χ2n) is 3.39. The minimum Gasteiger partial charge on any atom is -0.443 e. The molecule has 16 heavy (non-hydrogen) atoms. The first-order valence-corrected chi connectivity index (χ1v) is 5.21. The molecule has 1 aromatic carbocycles. The molecule has 0 amide bonds. The van der Waals surface area contributed by atoms with Crippen LogP contribution in [0.5, 0.6) is 0 Å². The molecule has 2 aromatic rings. The van der Waals surface area contributed by atoms with Gasteiger partial charge in [-0.1, -0.05) is 19.1 Å². The van der Waals surface area contributed by atoms with E-state index in [0.717, 1.165) is 12.2 Å². The second kappa shape index (κ2) is 4.90. The summed E-state index contributed by atoms with van der Waals surface area (Å²) in [5.41, 5.74) is 1.18. The largest absolute Gasteiger partial charge is 0.443 e.